The Morgan fingerprint density at radius 3 is 2.58 bits per heavy atom. The molecule has 0 saturated carbocycles. The third-order valence-electron chi connectivity index (χ3n) is 4.01. The molecule has 0 aliphatic heterocycles. The lowest BCUT2D eigenvalue weighted by atomic mass is 10.1. The van der Waals surface area contributed by atoms with Crippen LogP contribution in [0.15, 0.2) is 24.3 Å². The number of hydrogen-bond acceptors (Lipinski definition) is 5. The van der Waals surface area contributed by atoms with Crippen molar-refractivity contribution in [3.05, 3.63) is 50.2 Å². The SMILES string of the molecule is CCOC(=O)c1c(NC(=O)c2sc3ccccc3c2Cl)sc(C)c1CC. The van der Waals surface area contributed by atoms with E-state index >= 15 is 0 Å². The molecule has 3 rings (SSSR count). The van der Waals surface area contributed by atoms with Crippen molar-refractivity contribution in [1.29, 1.82) is 0 Å². The average molecular weight is 408 g/mol. The lowest BCUT2D eigenvalue weighted by Crippen LogP contribution is -2.14. The van der Waals surface area contributed by atoms with E-state index < -0.39 is 5.97 Å². The molecule has 0 aliphatic rings. The second-order valence-electron chi connectivity index (χ2n) is 5.61. The molecule has 26 heavy (non-hydrogen) atoms. The van der Waals surface area contributed by atoms with Crippen molar-refractivity contribution >= 4 is 61.2 Å². The highest BCUT2D eigenvalue weighted by atomic mass is 35.5. The summed E-state index contributed by atoms with van der Waals surface area (Å²) < 4.78 is 6.13. The molecule has 0 saturated heterocycles. The minimum atomic E-state index is -0.411. The summed E-state index contributed by atoms with van der Waals surface area (Å²) in [6, 6.07) is 7.61. The summed E-state index contributed by atoms with van der Waals surface area (Å²) in [5.74, 6) is -0.725. The number of thiophene rings is 2. The summed E-state index contributed by atoms with van der Waals surface area (Å²) in [6.45, 7) is 5.96. The highest BCUT2D eigenvalue weighted by Gasteiger charge is 2.25. The van der Waals surface area contributed by atoms with Gasteiger partial charge in [0, 0.05) is 15.0 Å². The molecular formula is C19H18ClNO3S2. The fourth-order valence-electron chi connectivity index (χ4n) is 2.83. The Balaban J connectivity index is 1.98. The van der Waals surface area contributed by atoms with Crippen LogP contribution in [-0.2, 0) is 11.2 Å². The second-order valence-corrected chi connectivity index (χ2v) is 8.27. The molecule has 0 fully saturated rings. The van der Waals surface area contributed by atoms with Crippen molar-refractivity contribution in [1.82, 2.24) is 0 Å². The van der Waals surface area contributed by atoms with Crippen LogP contribution in [0.25, 0.3) is 10.1 Å². The Labute approximate surface area is 164 Å². The maximum absolute atomic E-state index is 12.8. The third kappa shape index (κ3) is 3.37. The molecule has 0 aliphatic carbocycles. The van der Waals surface area contributed by atoms with Crippen LogP contribution in [0.2, 0.25) is 5.02 Å². The first-order chi connectivity index (χ1) is 12.5. The van der Waals surface area contributed by atoms with E-state index in [0.717, 1.165) is 20.5 Å². The summed E-state index contributed by atoms with van der Waals surface area (Å²) in [5.41, 5.74) is 1.36. The molecule has 7 heteroatoms. The number of fused-ring (bicyclic) bond motifs is 1. The molecule has 1 N–H and O–H groups in total. The zero-order valence-corrected chi connectivity index (χ0v) is 17.0. The maximum Gasteiger partial charge on any atom is 0.341 e. The summed E-state index contributed by atoms with van der Waals surface area (Å²) in [4.78, 5) is 26.6. The van der Waals surface area contributed by atoms with Crippen LogP contribution in [-0.4, -0.2) is 18.5 Å². The average Bonchev–Trinajstić information content (AvgIpc) is 3.12. The summed E-state index contributed by atoms with van der Waals surface area (Å²) in [6.07, 6.45) is 0.690. The standard InChI is InChI=1S/C19H18ClNO3S2/c1-4-11-10(3)25-18(14(11)19(23)24-5-2)21-17(22)16-15(20)12-8-6-7-9-13(12)26-16/h6-9H,4-5H2,1-3H3,(H,21,22). The molecule has 136 valence electrons. The molecule has 3 aromatic rings. The first-order valence-corrected chi connectivity index (χ1v) is 10.3. The fraction of sp³-hybridized carbons (Fsp3) is 0.263. The number of esters is 1. The minimum Gasteiger partial charge on any atom is -0.462 e. The van der Waals surface area contributed by atoms with Gasteiger partial charge in [0.15, 0.2) is 0 Å². The van der Waals surface area contributed by atoms with E-state index in [0.29, 0.717) is 26.9 Å². The number of carbonyl (C=O) groups excluding carboxylic acids is 2. The van der Waals surface area contributed by atoms with Crippen molar-refractivity contribution in [2.24, 2.45) is 0 Å². The molecule has 4 nitrogen and oxygen atoms in total. The Morgan fingerprint density at radius 1 is 1.19 bits per heavy atom. The number of halogens is 1. The Morgan fingerprint density at radius 2 is 1.92 bits per heavy atom. The summed E-state index contributed by atoms with van der Waals surface area (Å²) in [5, 5.41) is 4.67. The number of amides is 1. The molecule has 1 amide bonds. The van der Waals surface area contributed by atoms with Crippen LogP contribution in [0.5, 0.6) is 0 Å². The van der Waals surface area contributed by atoms with Crippen molar-refractivity contribution in [3.8, 4) is 0 Å². The van der Waals surface area contributed by atoms with Gasteiger partial charge < -0.3 is 10.1 Å². The van der Waals surface area contributed by atoms with Crippen LogP contribution in [0, 0.1) is 6.92 Å². The largest absolute Gasteiger partial charge is 0.462 e. The van der Waals surface area contributed by atoms with Gasteiger partial charge in [-0.05, 0) is 31.9 Å². The summed E-state index contributed by atoms with van der Waals surface area (Å²) >= 11 is 9.12. The van der Waals surface area contributed by atoms with Gasteiger partial charge in [0.25, 0.3) is 5.91 Å². The van der Waals surface area contributed by atoms with Crippen LogP contribution in [0.4, 0.5) is 5.00 Å². The van der Waals surface area contributed by atoms with E-state index in [4.69, 9.17) is 16.3 Å². The van der Waals surface area contributed by atoms with Gasteiger partial charge >= 0.3 is 5.97 Å². The van der Waals surface area contributed by atoms with E-state index in [1.54, 1.807) is 6.92 Å². The van der Waals surface area contributed by atoms with Crippen LogP contribution < -0.4 is 5.32 Å². The van der Waals surface area contributed by atoms with Crippen molar-refractivity contribution in [2.45, 2.75) is 27.2 Å². The van der Waals surface area contributed by atoms with Gasteiger partial charge in [0.05, 0.1) is 17.2 Å². The van der Waals surface area contributed by atoms with E-state index in [9.17, 15) is 9.59 Å². The Kier molecular flexibility index (Phi) is 5.65. The smallest absolute Gasteiger partial charge is 0.341 e. The number of anilines is 1. The first kappa shape index (κ1) is 18.9. The topological polar surface area (TPSA) is 55.4 Å². The Hall–Kier alpha value is -1.89. The van der Waals surface area contributed by atoms with Crippen LogP contribution in [0.1, 0.15) is 44.3 Å². The molecule has 0 spiro atoms. The highest BCUT2D eigenvalue weighted by molar-refractivity contribution is 7.22. The number of ether oxygens (including phenoxy) is 1. The highest BCUT2D eigenvalue weighted by Crippen LogP contribution is 2.38. The van der Waals surface area contributed by atoms with Gasteiger partial charge in [-0.25, -0.2) is 4.79 Å². The predicted molar refractivity (Wildman–Crippen MR) is 109 cm³/mol. The molecule has 0 atom stereocenters. The van der Waals surface area contributed by atoms with Crippen LogP contribution in [0.3, 0.4) is 0 Å². The van der Waals surface area contributed by atoms with Gasteiger partial charge in [-0.3, -0.25) is 4.79 Å². The molecule has 2 aromatic heterocycles. The van der Waals surface area contributed by atoms with Gasteiger partial charge in [0.1, 0.15) is 9.88 Å². The summed E-state index contributed by atoms with van der Waals surface area (Å²) in [7, 11) is 0. The molecule has 1 aromatic carbocycles. The van der Waals surface area contributed by atoms with Crippen molar-refractivity contribution in [2.75, 3.05) is 11.9 Å². The van der Waals surface area contributed by atoms with Gasteiger partial charge in [-0.1, -0.05) is 36.7 Å². The first-order valence-electron chi connectivity index (χ1n) is 8.25. The number of carbonyl (C=O) groups is 2. The molecule has 0 radical (unpaired) electrons. The normalized spacial score (nSPS) is 10.9. The minimum absolute atomic E-state index is 0.284. The maximum atomic E-state index is 12.8. The number of hydrogen-bond donors (Lipinski definition) is 1. The molecular weight excluding hydrogens is 390 g/mol. The van der Waals surface area contributed by atoms with Crippen molar-refractivity contribution < 1.29 is 14.3 Å². The fourth-order valence-corrected chi connectivity index (χ4v) is 5.37. The van der Waals surface area contributed by atoms with Crippen LogP contribution >= 0.6 is 34.3 Å². The predicted octanol–water partition coefficient (Wildman–Crippen LogP) is 5.92. The van der Waals surface area contributed by atoms with E-state index in [-0.39, 0.29) is 12.5 Å². The number of benzene rings is 1. The lowest BCUT2D eigenvalue weighted by Gasteiger charge is -2.07. The second kappa shape index (κ2) is 7.78. The van der Waals surface area contributed by atoms with E-state index in [2.05, 4.69) is 5.32 Å². The Bertz CT molecular complexity index is 990. The number of rotatable bonds is 5. The lowest BCUT2D eigenvalue weighted by molar-refractivity contribution is 0.0527. The van der Waals surface area contributed by atoms with E-state index in [1.165, 1.54) is 22.7 Å². The van der Waals surface area contributed by atoms with Gasteiger partial charge in [0.2, 0.25) is 0 Å². The third-order valence-corrected chi connectivity index (χ3v) is 6.75. The zero-order chi connectivity index (χ0) is 18.8. The molecule has 0 unspecified atom stereocenters. The molecule has 0 bridgehead atoms. The zero-order valence-electron chi connectivity index (χ0n) is 14.6. The van der Waals surface area contributed by atoms with Gasteiger partial charge in [-0.15, -0.1) is 22.7 Å². The van der Waals surface area contributed by atoms with E-state index in [1.807, 2.05) is 38.1 Å². The monoisotopic (exact) mass is 407 g/mol. The van der Waals surface area contributed by atoms with Gasteiger partial charge in [-0.2, -0.15) is 0 Å². The quantitative estimate of drug-likeness (QED) is 0.534. The molecule has 2 heterocycles. The van der Waals surface area contributed by atoms with Crippen molar-refractivity contribution in [3.63, 3.8) is 0 Å². The number of nitrogens with one attached hydrogen (secondary N) is 1. The number of aryl methyl sites for hydroxylation is 1.